The molecule has 0 spiro atoms. The Morgan fingerprint density at radius 2 is 2.14 bits per heavy atom. The number of anilines is 1. The quantitative estimate of drug-likeness (QED) is 0.653. The third-order valence-electron chi connectivity index (χ3n) is 3.11. The Kier molecular flexibility index (Phi) is 5.77. The zero-order valence-corrected chi connectivity index (χ0v) is 13.7. The van der Waals surface area contributed by atoms with Gasteiger partial charge in [0.1, 0.15) is 5.75 Å². The largest absolute Gasteiger partial charge is 0.495 e. The number of hydrogen-bond acceptors (Lipinski definition) is 5. The molecule has 6 heteroatoms. The van der Waals surface area contributed by atoms with Gasteiger partial charge in [-0.1, -0.05) is 37.2 Å². The second kappa shape index (κ2) is 7.79. The molecule has 0 aliphatic carbocycles. The number of hydrogen-bond donors (Lipinski definition) is 1. The summed E-state index contributed by atoms with van der Waals surface area (Å²) >= 11 is 1.47. The minimum atomic E-state index is -0.222. The highest BCUT2D eigenvalue weighted by Crippen LogP contribution is 2.24. The van der Waals surface area contributed by atoms with Crippen LogP contribution in [0.2, 0.25) is 0 Å². The number of nitrogens with one attached hydrogen (secondary N) is 1. The first kappa shape index (κ1) is 16.3. The van der Waals surface area contributed by atoms with Crippen molar-refractivity contribution in [3.05, 3.63) is 41.7 Å². The Hall–Kier alpha value is -2.08. The van der Waals surface area contributed by atoms with Crippen LogP contribution in [0.5, 0.6) is 5.75 Å². The number of methoxy groups -OCH3 is 1. The van der Waals surface area contributed by atoms with Crippen LogP contribution in [0.3, 0.4) is 0 Å². The fraction of sp³-hybridized carbons (Fsp3) is 0.312. The molecule has 1 amide bonds. The minimum absolute atomic E-state index is 0.222. The van der Waals surface area contributed by atoms with Gasteiger partial charge in [0.15, 0.2) is 5.16 Å². The highest BCUT2D eigenvalue weighted by molar-refractivity contribution is 7.98. The summed E-state index contributed by atoms with van der Waals surface area (Å²) < 4.78 is 5.25. The van der Waals surface area contributed by atoms with Gasteiger partial charge < -0.3 is 10.1 Å². The first-order valence-electron chi connectivity index (χ1n) is 7.03. The number of thioether (sulfide) groups is 1. The summed E-state index contributed by atoms with van der Waals surface area (Å²) in [7, 11) is 1.57. The van der Waals surface area contributed by atoms with Gasteiger partial charge in [0, 0.05) is 6.20 Å². The van der Waals surface area contributed by atoms with Crippen LogP contribution in [0, 0.1) is 0 Å². The molecule has 116 valence electrons. The van der Waals surface area contributed by atoms with E-state index < -0.39 is 0 Å². The molecule has 1 heterocycles. The van der Waals surface area contributed by atoms with Crippen LogP contribution in [0.1, 0.15) is 29.4 Å². The Morgan fingerprint density at radius 1 is 1.36 bits per heavy atom. The Bertz CT molecular complexity index is 662. The monoisotopic (exact) mass is 317 g/mol. The zero-order chi connectivity index (χ0) is 15.9. The summed E-state index contributed by atoms with van der Waals surface area (Å²) in [4.78, 5) is 21.2. The molecule has 0 bridgehead atoms. The van der Waals surface area contributed by atoms with Gasteiger partial charge in [-0.3, -0.25) is 4.79 Å². The molecule has 1 N–H and O–H groups in total. The van der Waals surface area contributed by atoms with Gasteiger partial charge in [-0.25, -0.2) is 9.97 Å². The molecule has 5 nitrogen and oxygen atoms in total. The molecule has 0 aliphatic rings. The molecule has 1 aromatic carbocycles. The number of nitrogens with zero attached hydrogens (tertiary/aromatic N) is 2. The van der Waals surface area contributed by atoms with Gasteiger partial charge in [-0.05, 0) is 24.8 Å². The third kappa shape index (κ3) is 3.76. The molecule has 0 saturated heterocycles. The van der Waals surface area contributed by atoms with E-state index in [2.05, 4.69) is 22.2 Å². The molecule has 2 rings (SSSR count). The molecular weight excluding hydrogens is 298 g/mol. The summed E-state index contributed by atoms with van der Waals surface area (Å²) in [5, 5.41) is 3.54. The van der Waals surface area contributed by atoms with E-state index in [-0.39, 0.29) is 5.91 Å². The molecule has 0 fully saturated rings. The van der Waals surface area contributed by atoms with Crippen LogP contribution in [-0.4, -0.2) is 29.2 Å². The maximum atomic E-state index is 12.5. The summed E-state index contributed by atoms with van der Waals surface area (Å²) in [6.07, 6.45) is 5.17. The second-order valence-electron chi connectivity index (χ2n) is 4.62. The Labute approximate surface area is 134 Å². The van der Waals surface area contributed by atoms with Crippen molar-refractivity contribution in [3.63, 3.8) is 0 Å². The number of benzene rings is 1. The fourth-order valence-electron chi connectivity index (χ4n) is 2.05. The van der Waals surface area contributed by atoms with Crippen molar-refractivity contribution in [3.8, 4) is 5.75 Å². The van der Waals surface area contributed by atoms with Gasteiger partial charge in [-0.2, -0.15) is 0 Å². The van der Waals surface area contributed by atoms with Crippen molar-refractivity contribution in [2.45, 2.75) is 24.9 Å². The van der Waals surface area contributed by atoms with Crippen molar-refractivity contribution >= 4 is 23.4 Å². The van der Waals surface area contributed by atoms with Crippen LogP contribution in [0.4, 0.5) is 5.69 Å². The molecule has 0 unspecified atom stereocenters. The topological polar surface area (TPSA) is 64.1 Å². The van der Waals surface area contributed by atoms with E-state index in [1.807, 2.05) is 18.4 Å². The van der Waals surface area contributed by atoms with E-state index in [1.165, 1.54) is 11.8 Å². The molecule has 2 aromatic rings. The number of ether oxygens (including phenoxy) is 1. The van der Waals surface area contributed by atoms with Gasteiger partial charge >= 0.3 is 0 Å². The fourth-order valence-corrected chi connectivity index (χ4v) is 2.41. The van der Waals surface area contributed by atoms with Gasteiger partial charge in [0.25, 0.3) is 5.91 Å². The predicted octanol–water partition coefficient (Wildman–Crippen LogP) is 3.41. The number of rotatable bonds is 6. The van der Waals surface area contributed by atoms with Crippen LogP contribution in [0.15, 0.2) is 35.6 Å². The van der Waals surface area contributed by atoms with Gasteiger partial charge in [0.2, 0.25) is 0 Å². The SMILES string of the molecule is CCCc1nc(SC)ncc1C(=O)Nc1ccccc1OC. The predicted molar refractivity (Wildman–Crippen MR) is 88.8 cm³/mol. The van der Waals surface area contributed by atoms with E-state index >= 15 is 0 Å². The Morgan fingerprint density at radius 3 is 2.82 bits per heavy atom. The van der Waals surface area contributed by atoms with E-state index in [0.29, 0.717) is 22.2 Å². The Balaban J connectivity index is 2.29. The number of aromatic nitrogens is 2. The average molecular weight is 317 g/mol. The van der Waals surface area contributed by atoms with Crippen LogP contribution < -0.4 is 10.1 Å². The minimum Gasteiger partial charge on any atom is -0.495 e. The maximum absolute atomic E-state index is 12.5. The van der Waals surface area contributed by atoms with E-state index in [9.17, 15) is 4.79 Å². The first-order valence-corrected chi connectivity index (χ1v) is 8.26. The van der Waals surface area contributed by atoms with Crippen molar-refractivity contribution in [1.29, 1.82) is 0 Å². The lowest BCUT2D eigenvalue weighted by atomic mass is 10.1. The molecule has 22 heavy (non-hydrogen) atoms. The highest BCUT2D eigenvalue weighted by atomic mass is 32.2. The second-order valence-corrected chi connectivity index (χ2v) is 5.39. The van der Waals surface area contributed by atoms with Crippen LogP contribution in [0.25, 0.3) is 0 Å². The molecular formula is C16H19N3O2S. The van der Waals surface area contributed by atoms with Gasteiger partial charge in [-0.15, -0.1) is 0 Å². The van der Waals surface area contributed by atoms with Crippen LogP contribution in [-0.2, 0) is 6.42 Å². The van der Waals surface area contributed by atoms with Crippen molar-refractivity contribution in [2.24, 2.45) is 0 Å². The maximum Gasteiger partial charge on any atom is 0.259 e. The molecule has 0 saturated carbocycles. The highest BCUT2D eigenvalue weighted by Gasteiger charge is 2.15. The summed E-state index contributed by atoms with van der Waals surface area (Å²) in [6.45, 7) is 2.06. The lowest BCUT2D eigenvalue weighted by Gasteiger charge is -2.12. The van der Waals surface area contributed by atoms with Crippen molar-refractivity contribution in [1.82, 2.24) is 9.97 Å². The van der Waals surface area contributed by atoms with Crippen molar-refractivity contribution in [2.75, 3.05) is 18.7 Å². The smallest absolute Gasteiger partial charge is 0.259 e. The molecule has 0 atom stereocenters. The van der Waals surface area contributed by atoms with Crippen molar-refractivity contribution < 1.29 is 9.53 Å². The zero-order valence-electron chi connectivity index (χ0n) is 12.9. The average Bonchev–Trinajstić information content (AvgIpc) is 2.55. The first-order chi connectivity index (χ1) is 10.7. The van der Waals surface area contributed by atoms with E-state index in [0.717, 1.165) is 18.5 Å². The molecule has 0 radical (unpaired) electrons. The van der Waals surface area contributed by atoms with Crippen LogP contribution >= 0.6 is 11.8 Å². The summed E-state index contributed by atoms with van der Waals surface area (Å²) in [5.74, 6) is 0.398. The number of para-hydroxylation sites is 2. The molecule has 1 aromatic heterocycles. The summed E-state index contributed by atoms with van der Waals surface area (Å²) in [5.41, 5.74) is 1.91. The standard InChI is InChI=1S/C16H19N3O2S/c1-4-7-12-11(10-17-16(19-12)22-3)15(20)18-13-8-5-6-9-14(13)21-2/h5-6,8-10H,4,7H2,1-3H3,(H,18,20). The lowest BCUT2D eigenvalue weighted by molar-refractivity contribution is 0.102. The summed E-state index contributed by atoms with van der Waals surface area (Å²) in [6, 6.07) is 7.30. The normalized spacial score (nSPS) is 10.3. The number of aryl methyl sites for hydroxylation is 1. The third-order valence-corrected chi connectivity index (χ3v) is 3.68. The number of carbonyl (C=O) groups is 1. The molecule has 0 aliphatic heterocycles. The lowest BCUT2D eigenvalue weighted by Crippen LogP contribution is -2.16. The number of carbonyl (C=O) groups excluding carboxylic acids is 1. The van der Waals surface area contributed by atoms with E-state index in [1.54, 1.807) is 25.4 Å². The van der Waals surface area contributed by atoms with Gasteiger partial charge in [0.05, 0.1) is 24.1 Å². The van der Waals surface area contributed by atoms with E-state index in [4.69, 9.17) is 4.74 Å². The number of amides is 1.